The van der Waals surface area contributed by atoms with Gasteiger partial charge in [-0.1, -0.05) is 0 Å². The molecule has 0 saturated heterocycles. The fourth-order valence-corrected chi connectivity index (χ4v) is 12.3. The number of esters is 1. The molecule has 0 radical (unpaired) electrons. The van der Waals surface area contributed by atoms with E-state index in [9.17, 15) is 4.79 Å². The van der Waals surface area contributed by atoms with Gasteiger partial charge in [-0.15, -0.1) is 0 Å². The molecular formula is C29H26BrO2P. The van der Waals surface area contributed by atoms with Crippen molar-refractivity contribution in [3.05, 3.63) is 138 Å². The molecule has 4 heteroatoms. The first-order valence-corrected chi connectivity index (χ1v) is 15.1. The summed E-state index contributed by atoms with van der Waals surface area (Å²) >= 11 is 4.33. The van der Waals surface area contributed by atoms with Gasteiger partial charge in [0.25, 0.3) is 0 Å². The second-order valence-electron chi connectivity index (χ2n) is 7.75. The van der Waals surface area contributed by atoms with Gasteiger partial charge in [-0.05, 0) is 0 Å². The number of allylic oxidation sites excluding steroid dienone is 1. The SMILES string of the molecule is C/C=C(\C(=O)OCc1ccccc1)P(Br)(c1ccccc1)(c1ccccc1)c1ccccc1. The molecule has 0 amide bonds. The van der Waals surface area contributed by atoms with Crippen LogP contribution in [-0.4, -0.2) is 5.97 Å². The Kier molecular flexibility index (Phi) is 6.93. The van der Waals surface area contributed by atoms with Crippen LogP contribution < -0.4 is 15.9 Å². The van der Waals surface area contributed by atoms with Crippen molar-refractivity contribution in [1.29, 1.82) is 0 Å². The molecule has 4 rings (SSSR count). The summed E-state index contributed by atoms with van der Waals surface area (Å²) in [5, 5.41) is 0.186. The van der Waals surface area contributed by atoms with Crippen molar-refractivity contribution in [1.82, 2.24) is 0 Å². The molecule has 0 atom stereocenters. The molecule has 4 aromatic carbocycles. The summed E-state index contributed by atoms with van der Waals surface area (Å²) in [6.07, 6.45) is 1.91. The van der Waals surface area contributed by atoms with Crippen molar-refractivity contribution >= 4 is 42.7 Å². The first kappa shape index (κ1) is 23.2. The van der Waals surface area contributed by atoms with Crippen molar-refractivity contribution in [2.75, 3.05) is 0 Å². The van der Waals surface area contributed by atoms with Gasteiger partial charge in [0.1, 0.15) is 0 Å². The molecule has 0 spiro atoms. The summed E-state index contributed by atoms with van der Waals surface area (Å²) in [6, 6.07) is 40.5. The van der Waals surface area contributed by atoms with Crippen LogP contribution in [0.1, 0.15) is 12.5 Å². The van der Waals surface area contributed by atoms with Gasteiger partial charge in [0.15, 0.2) is 0 Å². The Morgan fingerprint density at radius 3 is 1.42 bits per heavy atom. The van der Waals surface area contributed by atoms with E-state index in [-0.39, 0.29) is 12.6 Å². The van der Waals surface area contributed by atoms with E-state index in [0.29, 0.717) is 5.31 Å². The molecule has 0 heterocycles. The van der Waals surface area contributed by atoms with Gasteiger partial charge in [0.2, 0.25) is 0 Å². The average molecular weight is 517 g/mol. The minimum absolute atomic E-state index is 0.217. The summed E-state index contributed by atoms with van der Waals surface area (Å²) in [4.78, 5) is 13.8. The maximum atomic E-state index is 13.8. The molecule has 0 N–H and O–H groups in total. The molecule has 166 valence electrons. The van der Waals surface area contributed by atoms with Gasteiger partial charge in [0.05, 0.1) is 0 Å². The quantitative estimate of drug-likeness (QED) is 0.160. The fourth-order valence-electron chi connectivity index (χ4n) is 4.32. The Labute approximate surface area is 203 Å². The molecule has 4 aromatic rings. The minimum atomic E-state index is -3.58. The van der Waals surface area contributed by atoms with Crippen molar-refractivity contribution in [3.63, 3.8) is 0 Å². The molecule has 0 unspecified atom stereocenters. The predicted molar refractivity (Wildman–Crippen MR) is 144 cm³/mol. The van der Waals surface area contributed by atoms with Crippen molar-refractivity contribution in [2.24, 2.45) is 0 Å². The summed E-state index contributed by atoms with van der Waals surface area (Å²) in [7, 11) is 0. The van der Waals surface area contributed by atoms with Crippen LogP contribution in [0, 0.1) is 0 Å². The second-order valence-corrected chi connectivity index (χ2v) is 16.1. The fraction of sp³-hybridized carbons (Fsp3) is 0.0690. The molecule has 0 aromatic heterocycles. The molecule has 0 aliphatic carbocycles. The molecular weight excluding hydrogens is 491 g/mol. The van der Waals surface area contributed by atoms with E-state index >= 15 is 0 Å². The topological polar surface area (TPSA) is 26.3 Å². The van der Waals surface area contributed by atoms with E-state index in [0.717, 1.165) is 21.5 Å². The van der Waals surface area contributed by atoms with E-state index in [4.69, 9.17) is 4.74 Å². The van der Waals surface area contributed by atoms with Gasteiger partial charge in [0, 0.05) is 0 Å². The van der Waals surface area contributed by atoms with E-state index in [1.807, 2.05) is 97.9 Å². The van der Waals surface area contributed by atoms with Gasteiger partial charge in [-0.3, -0.25) is 0 Å². The Morgan fingerprint density at radius 1 is 0.697 bits per heavy atom. The predicted octanol–water partition coefficient (Wildman–Crippen LogP) is 6.47. The maximum absolute atomic E-state index is 13.8. The zero-order valence-corrected chi connectivity index (χ0v) is 21.0. The van der Waals surface area contributed by atoms with Crippen LogP contribution in [0.5, 0.6) is 0 Å². The summed E-state index contributed by atoms with van der Waals surface area (Å²) < 4.78 is 5.91. The first-order valence-electron chi connectivity index (χ1n) is 10.9. The molecule has 0 fully saturated rings. The molecule has 0 saturated carbocycles. The molecule has 0 bridgehead atoms. The Balaban J connectivity index is 1.96. The molecule has 33 heavy (non-hydrogen) atoms. The van der Waals surface area contributed by atoms with E-state index in [1.165, 1.54) is 0 Å². The van der Waals surface area contributed by atoms with Gasteiger partial charge < -0.3 is 0 Å². The Bertz CT molecular complexity index is 1140. The number of carbonyl (C=O) groups is 1. The second kappa shape index (κ2) is 9.87. The molecule has 0 aliphatic rings. The van der Waals surface area contributed by atoms with E-state index in [2.05, 4.69) is 51.9 Å². The summed E-state index contributed by atoms with van der Waals surface area (Å²) in [5.41, 5.74) is 0.954. The van der Waals surface area contributed by atoms with Crippen LogP contribution in [0.4, 0.5) is 0 Å². The standard InChI is InChI=1S/C29H26BrO2P/c1-2-28(29(31)32-23-24-15-7-3-8-16-24)33(30,25-17-9-4-10-18-25,26-19-11-5-12-20-26)27-21-13-6-14-22-27/h2-22H,23H2,1H3/b28-2+. The number of hydrogen-bond acceptors (Lipinski definition) is 2. The normalized spacial score (nSPS) is 13.0. The third-order valence-corrected chi connectivity index (χ3v) is 15.9. The van der Waals surface area contributed by atoms with Crippen molar-refractivity contribution < 1.29 is 9.53 Å². The van der Waals surface area contributed by atoms with Gasteiger partial charge >= 0.3 is 204 Å². The Hall–Kier alpha value is -3.00. The van der Waals surface area contributed by atoms with Gasteiger partial charge in [-0.2, -0.15) is 0 Å². The van der Waals surface area contributed by atoms with Crippen LogP contribution in [0.2, 0.25) is 0 Å². The van der Waals surface area contributed by atoms with Crippen LogP contribution >= 0.6 is 20.8 Å². The average Bonchev–Trinajstić information content (AvgIpc) is 2.90. The van der Waals surface area contributed by atoms with Crippen molar-refractivity contribution in [2.45, 2.75) is 13.5 Å². The summed E-state index contributed by atoms with van der Waals surface area (Å²) in [6.45, 7) is 2.13. The molecule has 0 aliphatic heterocycles. The monoisotopic (exact) mass is 516 g/mol. The van der Waals surface area contributed by atoms with Crippen LogP contribution in [-0.2, 0) is 16.1 Å². The zero-order chi connectivity index (χ0) is 23.2. The van der Waals surface area contributed by atoms with E-state index in [1.54, 1.807) is 0 Å². The number of ether oxygens (including phenoxy) is 1. The molecule has 2 nitrogen and oxygen atoms in total. The third-order valence-electron chi connectivity index (χ3n) is 5.87. The zero-order valence-electron chi connectivity index (χ0n) is 18.5. The Morgan fingerprint density at radius 2 is 1.06 bits per heavy atom. The van der Waals surface area contributed by atoms with Crippen LogP contribution in [0.3, 0.4) is 0 Å². The van der Waals surface area contributed by atoms with Gasteiger partial charge in [-0.25, -0.2) is 0 Å². The number of halogens is 1. The van der Waals surface area contributed by atoms with Crippen LogP contribution in [0.15, 0.2) is 133 Å². The van der Waals surface area contributed by atoms with Crippen molar-refractivity contribution in [3.8, 4) is 0 Å². The number of rotatable bonds is 7. The van der Waals surface area contributed by atoms with E-state index < -0.39 is 5.31 Å². The number of benzene rings is 4. The van der Waals surface area contributed by atoms with Crippen LogP contribution in [0.25, 0.3) is 0 Å². The summed E-state index contributed by atoms with van der Waals surface area (Å²) in [5.74, 6) is -0.326. The number of carbonyl (C=O) groups excluding carboxylic acids is 1. The first-order chi connectivity index (χ1) is 16.1. The third kappa shape index (κ3) is 4.08. The number of hydrogen-bond donors (Lipinski definition) is 0.